The van der Waals surface area contributed by atoms with Gasteiger partial charge in [0.2, 0.25) is 0 Å². The molecule has 0 spiro atoms. The Morgan fingerprint density at radius 2 is 0.347 bits per heavy atom. The van der Waals surface area contributed by atoms with E-state index < -0.39 is 67.2 Å². The second-order valence-electron chi connectivity index (χ2n) is 38.5. The fourth-order valence-corrected chi connectivity index (χ4v) is 13.8. The Bertz CT molecular complexity index is 3370. The predicted octanol–water partition coefficient (Wildman–Crippen LogP) is 25.0. The molecule has 0 fully saturated rings. The Labute approximate surface area is 1300 Å². The standard InChI is InChI=1S/2C11H23NO.3C10H21NO.4C9H19NO.2C8H17NO.C7H15NO.12Pm/c1-7-11(13,8(2)3)10(6)12-9(4)5;1-6-8-11(13,7-2)10(5)12-9(3)4;1-6-10(12,8(3)4)9(5)11-7-2;1-6-10(12,7-2)9(5)11-8(3)4;1-5-8-10(12,6-2)9(4)11-7-3;1-6-9(11,7(2)3)8(4)10-5;1-6-9(5,11)8(4)10-7(2)3;1-5-7-9(11,6-2)8(3)10-4;1-5-9(11,6-2)8(4)10-7-3;1-5-8(10,6-2)7(3)9-4;1-5-8(4,10)7(3)9-6-2;1-5-7(3,9)6(2)8-4;;;;;;;;;;;;/h8-9,13H,7H2,1-6H3;9,13H,6-8H2,1-5H3;2*8,12H,6-7H2,1-5H3;12H,5-8H2,1-4H3;2*7,11H,6H2,1-5H3;2*11H,5-7H2,1-4H3;2*10H,5-6H2,1-4H3;9H,5H2,1-4H3;;;;;;;;;;;;. The van der Waals surface area contributed by atoms with Crippen molar-refractivity contribution in [3.05, 3.63) is 0 Å². The minimum atomic E-state index is -0.718. The first kappa shape index (κ1) is 217. The number of hydrogen-bond acceptors (Lipinski definition) is 24. The van der Waals surface area contributed by atoms with Crippen LogP contribution in [-0.4, -0.2) is 276 Å². The fraction of sp³-hybridized carbons (Fsp3) is 0.892. The smallest absolute Gasteiger partial charge is 0.104 e. The molecular weight excluding hydrogens is 3430 g/mol. The van der Waals surface area contributed by atoms with Gasteiger partial charge in [-0.05, 0) is 320 Å². The molecule has 0 saturated carbocycles. The number of rotatable bonds is 44. The zero-order valence-electron chi connectivity index (χ0n) is 105. The van der Waals surface area contributed by atoms with Crippen molar-refractivity contribution in [1.82, 2.24) is 0 Å². The molecule has 0 aliphatic carbocycles. The van der Waals surface area contributed by atoms with Gasteiger partial charge in [-0.1, -0.05) is 185 Å². The van der Waals surface area contributed by atoms with Crippen LogP contribution in [0, 0.1) is 502 Å². The molecule has 870 valence electrons. The number of nitrogens with zero attached hydrogens (tertiary/aromatic N) is 12. The SMILES string of the molecule is CCC(C)(O)C(C)=NC.CCC(C)(O)C(C)=NC(C)C.CCC(O)(C(C)=NC(C)C)C(C)C.CCC(O)(C(C)=NC)C(C)C.CCC(O)(CC)C(C)=NC.CCC(O)(CC)C(C)=NC(C)C.CCCC(O)(CC)C(C)=NC.CCCC(O)(CC)C(C)=NC(C)C.CCCC(O)(CC)C(C)=NCC.CCN=C(C)C(C)(O)CC.CCN=C(C)C(O)(CC)C(C)C.CCN=C(C)C(O)(CC)CC.[Pm].[Pm].[Pm].[Pm].[Pm].[Pm].[Pm].[Pm].[Pm].[Pm].[Pm].[Pm]. The van der Waals surface area contributed by atoms with Crippen molar-refractivity contribution in [3.63, 3.8) is 0 Å². The average molecular weight is 3670 g/mol. The van der Waals surface area contributed by atoms with Crippen molar-refractivity contribution in [3.8, 4) is 0 Å². The molecule has 9 atom stereocenters. The van der Waals surface area contributed by atoms with E-state index in [0.29, 0.717) is 0 Å². The third-order valence-corrected chi connectivity index (χ3v) is 26.8. The first-order valence-corrected chi connectivity index (χ1v) is 52.3. The minimum absolute atomic E-state index is 0. The summed E-state index contributed by atoms with van der Waals surface area (Å²) in [6.07, 6.45) is 16.5. The Hall–Kier alpha value is 11.6. The molecule has 0 aromatic rings. The Morgan fingerprint density at radius 3 is 0.537 bits per heavy atom. The molecule has 0 aromatic heterocycles. The molecule has 12 N–H and O–H groups in total. The van der Waals surface area contributed by atoms with Crippen LogP contribution < -0.4 is 0 Å². The van der Waals surface area contributed by atoms with Crippen LogP contribution in [0.3, 0.4) is 0 Å². The molecule has 0 amide bonds. The topological polar surface area (TPSA) is 391 Å². The van der Waals surface area contributed by atoms with Crippen LogP contribution in [0.25, 0.3) is 0 Å². The van der Waals surface area contributed by atoms with Gasteiger partial charge in [0.05, 0.1) is 16.8 Å². The van der Waals surface area contributed by atoms with Crippen LogP contribution in [-0.2, 0) is 0 Å². The van der Waals surface area contributed by atoms with Crippen molar-refractivity contribution in [2.75, 3.05) is 54.4 Å². The van der Waals surface area contributed by atoms with Crippen LogP contribution in [0.2, 0.25) is 0 Å². The van der Waals surface area contributed by atoms with E-state index in [1.54, 1.807) is 49.0 Å². The third kappa shape index (κ3) is 101. The maximum Gasteiger partial charge on any atom is 0.104 e. The van der Waals surface area contributed by atoms with E-state index in [1.807, 2.05) is 312 Å². The van der Waals surface area contributed by atoms with Gasteiger partial charge in [0, 0.05) is 632 Å². The molecule has 0 heterocycles. The molecule has 0 aliphatic rings. The average Bonchev–Trinajstić information content (AvgIpc) is 0.834. The van der Waals surface area contributed by atoms with Gasteiger partial charge in [-0.3, -0.25) is 59.9 Å². The molecule has 24 nitrogen and oxygen atoms in total. The van der Waals surface area contributed by atoms with Crippen molar-refractivity contribution >= 4 is 68.5 Å². The molecule has 0 bridgehead atoms. The Balaban J connectivity index is -0.0000000507. The van der Waals surface area contributed by atoms with Crippen molar-refractivity contribution in [2.24, 2.45) is 77.7 Å². The summed E-state index contributed by atoms with van der Waals surface area (Å²) in [6, 6.07) is 1.08. The van der Waals surface area contributed by atoms with Gasteiger partial charge >= 0.3 is 0 Å². The van der Waals surface area contributed by atoms with Crippen LogP contribution in [0.4, 0.5) is 0 Å². The van der Waals surface area contributed by atoms with Gasteiger partial charge in [0.1, 0.15) is 50.4 Å². The monoisotopic (exact) mass is 3670 g/mol. The van der Waals surface area contributed by atoms with Crippen LogP contribution in [0.1, 0.15) is 488 Å². The van der Waals surface area contributed by atoms with Crippen LogP contribution >= 0.6 is 0 Å². The third-order valence-electron chi connectivity index (χ3n) is 26.8. The maximum absolute atomic E-state index is 10.3. The van der Waals surface area contributed by atoms with Gasteiger partial charge in [0.25, 0.3) is 0 Å². The molecule has 0 saturated heterocycles. The van der Waals surface area contributed by atoms with Crippen LogP contribution in [0.5, 0.6) is 0 Å². The zero-order chi connectivity index (χ0) is 110. The quantitative estimate of drug-likeness (QED) is 0.0253. The van der Waals surface area contributed by atoms with Gasteiger partial charge in [-0.25, -0.2) is 0 Å². The Morgan fingerprint density at radius 1 is 0.184 bits per heavy atom. The zero-order valence-corrected chi connectivity index (χ0v) is 139. The molecular formula is C111H234N12O12Pm12. The fourth-order valence-electron chi connectivity index (χ4n) is 13.8. The van der Waals surface area contributed by atoms with Crippen molar-refractivity contribution in [1.29, 1.82) is 0 Å². The molecule has 9 unspecified atom stereocenters. The van der Waals surface area contributed by atoms with Crippen molar-refractivity contribution in [2.45, 2.75) is 579 Å². The summed E-state index contributed by atoms with van der Waals surface area (Å²) in [7, 11) is 6.86. The molecule has 0 rings (SSSR count). The van der Waals surface area contributed by atoms with Gasteiger partial charge in [-0.15, -0.1) is 0 Å². The first-order valence-electron chi connectivity index (χ1n) is 52.3. The first-order chi connectivity index (χ1) is 61.6. The molecule has 147 heavy (non-hydrogen) atoms. The molecule has 0 aliphatic heterocycles. The van der Waals surface area contributed by atoms with Gasteiger partial charge in [0.15, 0.2) is 0 Å². The second kappa shape index (κ2) is 123. The summed E-state index contributed by atoms with van der Waals surface area (Å²) < 4.78 is 0. The summed E-state index contributed by atoms with van der Waals surface area (Å²) in [5.41, 5.74) is 2.00. The van der Waals surface area contributed by atoms with Gasteiger partial charge in [-0.2, -0.15) is 0 Å². The van der Waals surface area contributed by atoms with E-state index in [4.69, 9.17) is 0 Å². The number of aliphatic imine (C=N–C) groups is 12. The van der Waals surface area contributed by atoms with E-state index in [9.17, 15) is 61.3 Å². The summed E-state index contributed by atoms with van der Waals surface area (Å²) >= 11 is 0. The summed E-state index contributed by atoms with van der Waals surface area (Å²) in [4.78, 5) is 50.2. The van der Waals surface area contributed by atoms with E-state index >= 15 is 0 Å². The van der Waals surface area contributed by atoms with E-state index in [0.717, 1.165) is 230 Å². The summed E-state index contributed by atoms with van der Waals surface area (Å²) in [5.74, 6) is 0.689. The van der Waals surface area contributed by atoms with E-state index in [-0.39, 0.29) is 527 Å². The normalized spacial score (nSPS) is 15.8. The maximum atomic E-state index is 10.3. The predicted molar refractivity (Wildman–Crippen MR) is 604 cm³/mol. The van der Waals surface area contributed by atoms with Gasteiger partial charge < -0.3 is 61.3 Å². The molecule has 36 heteroatoms. The number of hydrogen-bond donors (Lipinski definition) is 12. The van der Waals surface area contributed by atoms with Crippen LogP contribution in [0.15, 0.2) is 59.9 Å². The summed E-state index contributed by atoms with van der Waals surface area (Å²) in [5, 5.41) is 119. The summed E-state index contributed by atoms with van der Waals surface area (Å²) in [6.45, 7) is 103. The van der Waals surface area contributed by atoms with Crippen molar-refractivity contribution < 1.29 is 546 Å². The molecule has 12 radical (unpaired) electrons. The minimum Gasteiger partial charge on any atom is -0.384 e. The largest absolute Gasteiger partial charge is 0.384 e. The second-order valence-corrected chi connectivity index (χ2v) is 38.5. The van der Waals surface area contributed by atoms with E-state index in [1.165, 1.54) is 0 Å². The Kier molecular flexibility index (Phi) is 181. The molecule has 0 aromatic carbocycles. The number of aliphatic hydroxyl groups is 12. The van der Waals surface area contributed by atoms with E-state index in [2.05, 4.69) is 80.7 Å².